The quantitative estimate of drug-likeness (QED) is 0.897. The van der Waals surface area contributed by atoms with E-state index in [1.165, 1.54) is 0 Å². The fourth-order valence-corrected chi connectivity index (χ4v) is 2.52. The lowest BCUT2D eigenvalue weighted by Crippen LogP contribution is -2.13. The molecule has 0 unspecified atom stereocenters. The van der Waals surface area contributed by atoms with E-state index in [0.29, 0.717) is 15.8 Å². The lowest BCUT2D eigenvalue weighted by molar-refractivity contribution is -0.137. The summed E-state index contributed by atoms with van der Waals surface area (Å²) in [6.45, 7) is 0. The predicted molar refractivity (Wildman–Crippen MR) is 65.5 cm³/mol. The van der Waals surface area contributed by atoms with E-state index >= 15 is 0 Å². The molecule has 1 fully saturated rings. The number of carboxylic acids is 1. The molecule has 0 atom stereocenters. The number of methoxy groups -OCH3 is 1. The molecule has 0 saturated heterocycles. The molecule has 1 aliphatic carbocycles. The Balaban J connectivity index is 2.44. The molecule has 1 saturated carbocycles. The van der Waals surface area contributed by atoms with E-state index in [-0.39, 0.29) is 12.2 Å². The second-order valence-corrected chi connectivity index (χ2v) is 5.21. The Kier molecular flexibility index (Phi) is 3.03. The molecule has 5 heteroatoms. The summed E-state index contributed by atoms with van der Waals surface area (Å²) in [6.07, 6.45) is 1.61. The maximum Gasteiger partial charge on any atom is 0.304 e. The van der Waals surface area contributed by atoms with E-state index in [1.807, 2.05) is 0 Å². The largest absolute Gasteiger partial charge is 0.506 e. The molecule has 0 aliphatic heterocycles. The Morgan fingerprint density at radius 2 is 2.18 bits per heavy atom. The van der Waals surface area contributed by atoms with Gasteiger partial charge < -0.3 is 14.9 Å². The standard InChI is InChI=1S/C12H13BrO4/c1-17-7-4-8(11(16)9(13)5-7)12(2-3-12)6-10(14)15/h4-5,16H,2-3,6H2,1H3,(H,14,15). The van der Waals surface area contributed by atoms with Crippen molar-refractivity contribution < 1.29 is 19.7 Å². The zero-order valence-corrected chi connectivity index (χ0v) is 11.0. The van der Waals surface area contributed by atoms with Gasteiger partial charge in [-0.2, -0.15) is 0 Å². The first kappa shape index (κ1) is 12.2. The molecule has 0 radical (unpaired) electrons. The molecule has 1 aromatic rings. The van der Waals surface area contributed by atoms with Crippen LogP contribution in [0.4, 0.5) is 0 Å². The van der Waals surface area contributed by atoms with Gasteiger partial charge in [0.2, 0.25) is 0 Å². The molecule has 0 aromatic heterocycles. The van der Waals surface area contributed by atoms with Gasteiger partial charge in [0.05, 0.1) is 18.0 Å². The summed E-state index contributed by atoms with van der Waals surface area (Å²) in [5.74, 6) is -0.119. The molecular formula is C12H13BrO4. The summed E-state index contributed by atoms with van der Waals surface area (Å²) >= 11 is 3.25. The van der Waals surface area contributed by atoms with Gasteiger partial charge in [0.1, 0.15) is 11.5 Å². The van der Waals surface area contributed by atoms with Crippen molar-refractivity contribution in [2.24, 2.45) is 0 Å². The average molecular weight is 301 g/mol. The van der Waals surface area contributed by atoms with Crippen LogP contribution in [0, 0.1) is 0 Å². The first-order valence-corrected chi connectivity index (χ1v) is 6.06. The van der Waals surface area contributed by atoms with Crippen LogP contribution in [0.15, 0.2) is 16.6 Å². The molecule has 1 aromatic carbocycles. The van der Waals surface area contributed by atoms with Crippen LogP contribution in [-0.2, 0) is 10.2 Å². The highest BCUT2D eigenvalue weighted by molar-refractivity contribution is 9.10. The second kappa shape index (κ2) is 4.22. The highest BCUT2D eigenvalue weighted by Gasteiger charge is 2.48. The second-order valence-electron chi connectivity index (χ2n) is 4.36. The highest BCUT2D eigenvalue weighted by Crippen LogP contribution is 2.55. The van der Waals surface area contributed by atoms with Crippen molar-refractivity contribution in [3.05, 3.63) is 22.2 Å². The summed E-state index contributed by atoms with van der Waals surface area (Å²) in [4.78, 5) is 10.9. The van der Waals surface area contributed by atoms with Crippen LogP contribution < -0.4 is 4.74 Å². The third-order valence-electron chi connectivity index (χ3n) is 3.19. The van der Waals surface area contributed by atoms with Gasteiger partial charge in [-0.25, -0.2) is 0 Å². The number of ether oxygens (including phenoxy) is 1. The smallest absolute Gasteiger partial charge is 0.304 e. The van der Waals surface area contributed by atoms with Crippen LogP contribution in [0.2, 0.25) is 0 Å². The van der Waals surface area contributed by atoms with Crippen molar-refractivity contribution in [2.75, 3.05) is 7.11 Å². The first-order valence-electron chi connectivity index (χ1n) is 5.27. The number of hydrogen-bond donors (Lipinski definition) is 2. The summed E-state index contributed by atoms with van der Waals surface area (Å²) < 4.78 is 5.66. The number of phenols is 1. The number of carboxylic acid groups (broad SMARTS) is 1. The summed E-state index contributed by atoms with van der Waals surface area (Å²) in [5, 5.41) is 18.9. The van der Waals surface area contributed by atoms with Gasteiger partial charge in [-0.1, -0.05) is 0 Å². The van der Waals surface area contributed by atoms with Crippen molar-refractivity contribution >= 4 is 21.9 Å². The highest BCUT2D eigenvalue weighted by atomic mass is 79.9. The van der Waals surface area contributed by atoms with Gasteiger partial charge >= 0.3 is 5.97 Å². The van der Waals surface area contributed by atoms with Gasteiger partial charge in [0.25, 0.3) is 0 Å². The van der Waals surface area contributed by atoms with Gasteiger partial charge in [-0.3, -0.25) is 4.79 Å². The number of rotatable bonds is 4. The lowest BCUT2D eigenvalue weighted by Gasteiger charge is -2.17. The van der Waals surface area contributed by atoms with Crippen LogP contribution in [0.25, 0.3) is 0 Å². The predicted octanol–water partition coefficient (Wildman–Crippen LogP) is 2.67. The zero-order valence-electron chi connectivity index (χ0n) is 9.36. The normalized spacial score (nSPS) is 16.6. The number of benzene rings is 1. The van der Waals surface area contributed by atoms with Crippen molar-refractivity contribution in [1.29, 1.82) is 0 Å². The molecule has 2 rings (SSSR count). The van der Waals surface area contributed by atoms with Crippen molar-refractivity contribution in [1.82, 2.24) is 0 Å². The lowest BCUT2D eigenvalue weighted by atomic mass is 9.91. The van der Waals surface area contributed by atoms with Gasteiger partial charge in [0.15, 0.2) is 0 Å². The Morgan fingerprint density at radius 1 is 1.53 bits per heavy atom. The van der Waals surface area contributed by atoms with Gasteiger partial charge in [0, 0.05) is 11.0 Å². The molecule has 2 N–H and O–H groups in total. The van der Waals surface area contributed by atoms with E-state index in [1.54, 1.807) is 19.2 Å². The Bertz CT molecular complexity index is 466. The van der Waals surface area contributed by atoms with Crippen molar-refractivity contribution in [2.45, 2.75) is 24.7 Å². The number of halogens is 1. The van der Waals surface area contributed by atoms with Crippen LogP contribution >= 0.6 is 15.9 Å². The number of carbonyl (C=O) groups is 1. The van der Waals surface area contributed by atoms with E-state index < -0.39 is 11.4 Å². The van der Waals surface area contributed by atoms with E-state index in [0.717, 1.165) is 12.8 Å². The number of aliphatic carboxylic acids is 1. The van der Waals surface area contributed by atoms with Crippen LogP contribution in [-0.4, -0.2) is 23.3 Å². The molecular weight excluding hydrogens is 288 g/mol. The van der Waals surface area contributed by atoms with E-state index in [4.69, 9.17) is 9.84 Å². The first-order chi connectivity index (χ1) is 7.98. The molecule has 0 spiro atoms. The molecule has 92 valence electrons. The number of phenolic OH excluding ortho intramolecular Hbond substituents is 1. The summed E-state index contributed by atoms with van der Waals surface area (Å²) in [6, 6.07) is 3.38. The third-order valence-corrected chi connectivity index (χ3v) is 3.79. The van der Waals surface area contributed by atoms with Crippen LogP contribution in [0.3, 0.4) is 0 Å². The SMILES string of the molecule is COc1cc(Br)c(O)c(C2(CC(=O)O)CC2)c1. The average Bonchev–Trinajstić information content (AvgIpc) is 3.01. The van der Waals surface area contributed by atoms with Crippen molar-refractivity contribution in [3.63, 3.8) is 0 Å². The topological polar surface area (TPSA) is 66.8 Å². The maximum absolute atomic E-state index is 10.9. The Morgan fingerprint density at radius 3 is 2.65 bits per heavy atom. The number of aromatic hydroxyl groups is 1. The zero-order chi connectivity index (χ0) is 12.6. The molecule has 1 aliphatic rings. The van der Waals surface area contributed by atoms with Gasteiger partial charge in [-0.15, -0.1) is 0 Å². The minimum atomic E-state index is -0.846. The molecule has 0 bridgehead atoms. The van der Waals surface area contributed by atoms with E-state index in [9.17, 15) is 9.90 Å². The Labute approximate surface area is 107 Å². The van der Waals surface area contributed by atoms with Gasteiger partial charge in [-0.05, 0) is 40.9 Å². The van der Waals surface area contributed by atoms with E-state index in [2.05, 4.69) is 15.9 Å². The molecule has 0 heterocycles. The third kappa shape index (κ3) is 2.24. The fraction of sp³-hybridized carbons (Fsp3) is 0.417. The molecule has 0 amide bonds. The minimum Gasteiger partial charge on any atom is -0.506 e. The molecule has 17 heavy (non-hydrogen) atoms. The van der Waals surface area contributed by atoms with Crippen LogP contribution in [0.1, 0.15) is 24.8 Å². The maximum atomic E-state index is 10.9. The molecule has 4 nitrogen and oxygen atoms in total. The van der Waals surface area contributed by atoms with Crippen LogP contribution in [0.5, 0.6) is 11.5 Å². The van der Waals surface area contributed by atoms with Crippen molar-refractivity contribution in [3.8, 4) is 11.5 Å². The monoisotopic (exact) mass is 300 g/mol. The number of hydrogen-bond acceptors (Lipinski definition) is 3. The summed E-state index contributed by atoms with van der Waals surface area (Å²) in [5.41, 5.74) is 0.235. The summed E-state index contributed by atoms with van der Waals surface area (Å²) in [7, 11) is 1.54. The fourth-order valence-electron chi connectivity index (χ4n) is 2.08. The Hall–Kier alpha value is -1.23. The minimum absolute atomic E-state index is 0.0418.